The minimum atomic E-state index is 0.494. The van der Waals surface area contributed by atoms with E-state index in [0.29, 0.717) is 12.0 Å². The highest BCUT2D eigenvalue weighted by molar-refractivity contribution is 5.24. The van der Waals surface area contributed by atoms with Crippen molar-refractivity contribution in [1.82, 2.24) is 10.2 Å². The van der Waals surface area contributed by atoms with Crippen LogP contribution in [0.4, 0.5) is 0 Å². The topological polar surface area (TPSA) is 15.3 Å². The van der Waals surface area contributed by atoms with Crippen LogP contribution in [0.1, 0.15) is 30.5 Å². The van der Waals surface area contributed by atoms with Gasteiger partial charge in [0.1, 0.15) is 0 Å². The number of hydrogen-bond donors (Lipinski definition) is 1. The monoisotopic (exact) mass is 234 g/mol. The van der Waals surface area contributed by atoms with Gasteiger partial charge in [0, 0.05) is 6.04 Å². The van der Waals surface area contributed by atoms with Gasteiger partial charge in [-0.3, -0.25) is 0 Å². The molecule has 1 aromatic carbocycles. The Bertz CT molecular complexity index is 316. The molecule has 2 unspecified atom stereocenters. The van der Waals surface area contributed by atoms with E-state index in [4.69, 9.17) is 0 Å². The van der Waals surface area contributed by atoms with Crippen LogP contribution < -0.4 is 5.32 Å². The van der Waals surface area contributed by atoms with Crippen molar-refractivity contribution in [1.29, 1.82) is 0 Å². The summed E-state index contributed by atoms with van der Waals surface area (Å²) in [6, 6.07) is 9.43. The van der Waals surface area contributed by atoms with Gasteiger partial charge in [-0.1, -0.05) is 43.2 Å². The molecule has 0 aromatic heterocycles. The van der Waals surface area contributed by atoms with Crippen LogP contribution in [0.2, 0.25) is 0 Å². The Morgan fingerprint density at radius 1 is 1.18 bits per heavy atom. The molecule has 2 heteroatoms. The fourth-order valence-corrected chi connectivity index (χ4v) is 2.50. The van der Waals surface area contributed by atoms with E-state index in [1.165, 1.54) is 17.5 Å². The molecule has 1 N–H and O–H groups in total. The average Bonchev–Trinajstić information content (AvgIpc) is 2.30. The van der Waals surface area contributed by atoms with Gasteiger partial charge in [0.2, 0.25) is 0 Å². The Balaban J connectivity index is 2.95. The van der Waals surface area contributed by atoms with E-state index in [-0.39, 0.29) is 0 Å². The van der Waals surface area contributed by atoms with Crippen LogP contribution in [0.15, 0.2) is 24.3 Å². The van der Waals surface area contributed by atoms with Gasteiger partial charge in [0.05, 0.1) is 0 Å². The van der Waals surface area contributed by atoms with Crippen molar-refractivity contribution in [3.05, 3.63) is 35.4 Å². The number of rotatable bonds is 6. The fourth-order valence-electron chi connectivity index (χ4n) is 2.50. The largest absolute Gasteiger partial charge is 0.319 e. The number of aryl methyl sites for hydroxylation is 1. The van der Waals surface area contributed by atoms with Gasteiger partial charge in [-0.05, 0) is 46.1 Å². The standard InChI is InChI=1S/C15H26N2/c1-6-13(11-16-3)15(17(4)5)14-9-7-12(2)8-10-14/h7-10,13,15-16H,6,11H2,1-5H3. The smallest absolute Gasteiger partial charge is 0.0382 e. The van der Waals surface area contributed by atoms with Gasteiger partial charge in [-0.2, -0.15) is 0 Å². The number of nitrogens with one attached hydrogen (secondary N) is 1. The lowest BCUT2D eigenvalue weighted by Gasteiger charge is -2.32. The summed E-state index contributed by atoms with van der Waals surface area (Å²) >= 11 is 0. The van der Waals surface area contributed by atoms with E-state index < -0.39 is 0 Å². The Morgan fingerprint density at radius 2 is 1.76 bits per heavy atom. The van der Waals surface area contributed by atoms with E-state index in [1.54, 1.807) is 0 Å². The molecule has 0 aliphatic carbocycles. The molecule has 17 heavy (non-hydrogen) atoms. The van der Waals surface area contributed by atoms with Crippen molar-refractivity contribution < 1.29 is 0 Å². The first-order valence-electron chi connectivity index (χ1n) is 6.47. The maximum absolute atomic E-state index is 3.31. The zero-order valence-electron chi connectivity index (χ0n) is 11.8. The number of nitrogens with zero attached hydrogens (tertiary/aromatic N) is 1. The van der Waals surface area contributed by atoms with Crippen LogP contribution in [0.3, 0.4) is 0 Å². The summed E-state index contributed by atoms with van der Waals surface area (Å²) in [5.74, 6) is 0.651. The Labute approximate surface area is 106 Å². The van der Waals surface area contributed by atoms with Crippen molar-refractivity contribution >= 4 is 0 Å². The van der Waals surface area contributed by atoms with Crippen molar-refractivity contribution in [2.24, 2.45) is 5.92 Å². The molecule has 1 aromatic rings. The lowest BCUT2D eigenvalue weighted by molar-refractivity contribution is 0.204. The maximum Gasteiger partial charge on any atom is 0.0382 e. The molecule has 0 heterocycles. The van der Waals surface area contributed by atoms with E-state index in [0.717, 1.165) is 6.54 Å². The van der Waals surface area contributed by atoms with Crippen LogP contribution >= 0.6 is 0 Å². The minimum absolute atomic E-state index is 0.494. The summed E-state index contributed by atoms with van der Waals surface area (Å²) in [7, 11) is 6.37. The lowest BCUT2D eigenvalue weighted by atomic mass is 9.89. The zero-order chi connectivity index (χ0) is 12.8. The van der Waals surface area contributed by atoms with Crippen LogP contribution in [-0.2, 0) is 0 Å². The molecule has 0 spiro atoms. The summed E-state index contributed by atoms with van der Waals surface area (Å²) in [6.07, 6.45) is 1.19. The fraction of sp³-hybridized carbons (Fsp3) is 0.600. The number of hydrogen-bond acceptors (Lipinski definition) is 2. The second-order valence-corrected chi connectivity index (χ2v) is 5.05. The minimum Gasteiger partial charge on any atom is -0.319 e. The summed E-state index contributed by atoms with van der Waals surface area (Å²) in [5, 5.41) is 3.31. The Hall–Kier alpha value is -0.860. The normalized spacial score (nSPS) is 14.9. The van der Waals surface area contributed by atoms with Gasteiger partial charge in [0.15, 0.2) is 0 Å². The molecule has 1 rings (SSSR count). The number of benzene rings is 1. The molecule has 0 saturated heterocycles. The van der Waals surface area contributed by atoms with Gasteiger partial charge < -0.3 is 10.2 Å². The molecule has 0 amide bonds. The van der Waals surface area contributed by atoms with Crippen LogP contribution in [0.25, 0.3) is 0 Å². The van der Waals surface area contributed by atoms with Crippen LogP contribution in [0, 0.1) is 12.8 Å². The second kappa shape index (κ2) is 6.77. The highest BCUT2D eigenvalue weighted by atomic mass is 15.1. The van der Waals surface area contributed by atoms with Gasteiger partial charge in [-0.15, -0.1) is 0 Å². The van der Waals surface area contributed by atoms with Crippen molar-refractivity contribution in [2.75, 3.05) is 27.7 Å². The highest BCUT2D eigenvalue weighted by Gasteiger charge is 2.22. The molecular formula is C15H26N2. The predicted molar refractivity (Wildman–Crippen MR) is 75.3 cm³/mol. The molecule has 2 nitrogen and oxygen atoms in total. The van der Waals surface area contributed by atoms with Crippen molar-refractivity contribution in [3.8, 4) is 0 Å². The molecule has 96 valence electrons. The second-order valence-electron chi connectivity index (χ2n) is 5.05. The molecule has 0 aliphatic rings. The van der Waals surface area contributed by atoms with Crippen LogP contribution in [0.5, 0.6) is 0 Å². The Morgan fingerprint density at radius 3 is 2.18 bits per heavy atom. The molecule has 0 bridgehead atoms. The third kappa shape index (κ3) is 3.83. The van der Waals surface area contributed by atoms with Gasteiger partial charge >= 0.3 is 0 Å². The van der Waals surface area contributed by atoms with E-state index in [9.17, 15) is 0 Å². The summed E-state index contributed by atoms with van der Waals surface area (Å²) < 4.78 is 0. The summed E-state index contributed by atoms with van der Waals surface area (Å²) in [5.41, 5.74) is 2.75. The van der Waals surface area contributed by atoms with E-state index >= 15 is 0 Å². The third-order valence-electron chi connectivity index (χ3n) is 3.41. The predicted octanol–water partition coefficient (Wildman–Crippen LogP) is 2.84. The molecule has 0 saturated carbocycles. The summed E-state index contributed by atoms with van der Waals surface area (Å²) in [6.45, 7) is 5.47. The Kier molecular flexibility index (Phi) is 5.66. The molecule has 0 aliphatic heterocycles. The quantitative estimate of drug-likeness (QED) is 0.814. The highest BCUT2D eigenvalue weighted by Crippen LogP contribution is 2.28. The van der Waals surface area contributed by atoms with Gasteiger partial charge in [-0.25, -0.2) is 0 Å². The average molecular weight is 234 g/mol. The van der Waals surface area contributed by atoms with E-state index in [2.05, 4.69) is 62.4 Å². The SMILES string of the molecule is CCC(CNC)C(c1ccc(C)cc1)N(C)C. The first kappa shape index (κ1) is 14.2. The first-order valence-corrected chi connectivity index (χ1v) is 6.47. The van der Waals surface area contributed by atoms with Crippen molar-refractivity contribution in [2.45, 2.75) is 26.3 Å². The molecular weight excluding hydrogens is 208 g/mol. The third-order valence-corrected chi connectivity index (χ3v) is 3.41. The lowest BCUT2D eigenvalue weighted by Crippen LogP contribution is -2.32. The molecule has 2 atom stereocenters. The van der Waals surface area contributed by atoms with Crippen molar-refractivity contribution in [3.63, 3.8) is 0 Å². The van der Waals surface area contributed by atoms with Crippen LogP contribution in [-0.4, -0.2) is 32.6 Å². The maximum atomic E-state index is 3.31. The molecule has 0 radical (unpaired) electrons. The van der Waals surface area contributed by atoms with E-state index in [1.807, 2.05) is 7.05 Å². The zero-order valence-corrected chi connectivity index (χ0v) is 11.8. The van der Waals surface area contributed by atoms with Gasteiger partial charge in [0.25, 0.3) is 0 Å². The molecule has 0 fully saturated rings. The summed E-state index contributed by atoms with van der Waals surface area (Å²) in [4.78, 5) is 2.33. The first-order chi connectivity index (χ1) is 8.10.